The molecule has 1 heterocycles. The molecular weight excluding hydrogens is 296 g/mol. The number of rotatable bonds is 4. The standard InChI is InChI=1S/C17H25BClNO2/c1-12-7-13(10-15(19)8-12)9-14(11-20-6)18-21-16(2,3)17(4,5)22-18/h7-10,20H,11H2,1-6H3. The molecule has 5 heteroatoms. The van der Waals surface area contributed by atoms with Crippen LogP contribution < -0.4 is 5.32 Å². The summed E-state index contributed by atoms with van der Waals surface area (Å²) in [5.41, 5.74) is 2.58. The normalized spacial score (nSPS) is 20.5. The fourth-order valence-electron chi connectivity index (χ4n) is 2.46. The smallest absolute Gasteiger partial charge is 0.400 e. The quantitative estimate of drug-likeness (QED) is 0.854. The van der Waals surface area contributed by atoms with Crippen molar-refractivity contribution >= 4 is 24.8 Å². The van der Waals surface area contributed by atoms with Gasteiger partial charge in [0.15, 0.2) is 0 Å². The fourth-order valence-corrected chi connectivity index (χ4v) is 2.76. The lowest BCUT2D eigenvalue weighted by molar-refractivity contribution is 0.00578. The summed E-state index contributed by atoms with van der Waals surface area (Å²) in [7, 11) is 1.57. The van der Waals surface area contributed by atoms with E-state index in [0.29, 0.717) is 6.54 Å². The first-order valence-electron chi connectivity index (χ1n) is 7.62. The van der Waals surface area contributed by atoms with E-state index < -0.39 is 0 Å². The predicted molar refractivity (Wildman–Crippen MR) is 94.2 cm³/mol. The Labute approximate surface area is 139 Å². The number of benzene rings is 1. The van der Waals surface area contributed by atoms with Gasteiger partial charge in [-0.05, 0) is 70.4 Å². The molecule has 0 spiro atoms. The van der Waals surface area contributed by atoms with Crippen molar-refractivity contribution in [1.82, 2.24) is 5.32 Å². The van der Waals surface area contributed by atoms with Crippen LogP contribution in [0.15, 0.2) is 23.7 Å². The third-order valence-electron chi connectivity index (χ3n) is 4.35. The van der Waals surface area contributed by atoms with E-state index in [1.165, 1.54) is 0 Å². The van der Waals surface area contributed by atoms with Crippen LogP contribution in [0.5, 0.6) is 0 Å². The summed E-state index contributed by atoms with van der Waals surface area (Å²) in [5, 5.41) is 3.93. The van der Waals surface area contributed by atoms with Gasteiger partial charge < -0.3 is 14.6 Å². The summed E-state index contributed by atoms with van der Waals surface area (Å²) in [6.07, 6.45) is 2.09. The second-order valence-electron chi connectivity index (χ2n) is 6.90. The maximum absolute atomic E-state index is 6.15. The summed E-state index contributed by atoms with van der Waals surface area (Å²) >= 11 is 6.15. The summed E-state index contributed by atoms with van der Waals surface area (Å²) in [6, 6.07) is 6.01. The van der Waals surface area contributed by atoms with Crippen molar-refractivity contribution in [3.8, 4) is 0 Å². The van der Waals surface area contributed by atoms with Crippen LogP contribution in [0.25, 0.3) is 6.08 Å². The SMILES string of the molecule is CNCC(=Cc1cc(C)cc(Cl)c1)B1OC(C)(C)C(C)(C)O1. The van der Waals surface area contributed by atoms with Crippen LogP contribution in [0.1, 0.15) is 38.8 Å². The lowest BCUT2D eigenvalue weighted by Crippen LogP contribution is -2.41. The Morgan fingerprint density at radius 2 is 1.77 bits per heavy atom. The molecule has 1 saturated heterocycles. The molecule has 1 aromatic rings. The van der Waals surface area contributed by atoms with E-state index in [9.17, 15) is 0 Å². The monoisotopic (exact) mass is 321 g/mol. The van der Waals surface area contributed by atoms with Crippen molar-refractivity contribution in [2.45, 2.75) is 45.8 Å². The fraction of sp³-hybridized carbons (Fsp3) is 0.529. The lowest BCUT2D eigenvalue weighted by Gasteiger charge is -2.32. The van der Waals surface area contributed by atoms with E-state index in [1.54, 1.807) is 0 Å². The van der Waals surface area contributed by atoms with Gasteiger partial charge in [0.2, 0.25) is 0 Å². The summed E-state index contributed by atoms with van der Waals surface area (Å²) in [6.45, 7) is 11.0. The lowest BCUT2D eigenvalue weighted by atomic mass is 9.77. The molecule has 0 atom stereocenters. The van der Waals surface area contributed by atoms with Crippen LogP contribution >= 0.6 is 11.6 Å². The number of nitrogens with one attached hydrogen (secondary N) is 1. The second kappa shape index (κ2) is 6.36. The van der Waals surface area contributed by atoms with Crippen molar-refractivity contribution in [1.29, 1.82) is 0 Å². The molecule has 0 radical (unpaired) electrons. The summed E-state index contributed by atoms with van der Waals surface area (Å²) in [5.74, 6) is 0. The van der Waals surface area contributed by atoms with E-state index in [0.717, 1.165) is 21.6 Å². The highest BCUT2D eigenvalue weighted by atomic mass is 35.5. The van der Waals surface area contributed by atoms with Gasteiger partial charge in [-0.2, -0.15) is 0 Å². The molecule has 0 bridgehead atoms. The average Bonchev–Trinajstić information content (AvgIpc) is 2.56. The van der Waals surface area contributed by atoms with Gasteiger partial charge in [0.25, 0.3) is 0 Å². The molecule has 1 aromatic carbocycles. The van der Waals surface area contributed by atoms with Gasteiger partial charge >= 0.3 is 7.12 Å². The minimum atomic E-state index is -0.350. The molecular formula is C17H25BClNO2. The molecule has 0 aromatic heterocycles. The summed E-state index contributed by atoms with van der Waals surface area (Å²) in [4.78, 5) is 0. The van der Waals surface area contributed by atoms with E-state index in [4.69, 9.17) is 20.9 Å². The van der Waals surface area contributed by atoms with Crippen LogP contribution in [0.4, 0.5) is 0 Å². The van der Waals surface area contributed by atoms with Gasteiger partial charge in [-0.25, -0.2) is 0 Å². The topological polar surface area (TPSA) is 30.5 Å². The highest BCUT2D eigenvalue weighted by Crippen LogP contribution is 2.38. The molecule has 0 saturated carbocycles. The van der Waals surface area contributed by atoms with Gasteiger partial charge in [-0.1, -0.05) is 23.7 Å². The Balaban J connectivity index is 2.33. The third kappa shape index (κ3) is 3.74. The van der Waals surface area contributed by atoms with Crippen molar-refractivity contribution in [2.24, 2.45) is 0 Å². The minimum absolute atomic E-state index is 0.339. The first-order chi connectivity index (χ1) is 10.1. The Bertz CT molecular complexity index is 548. The van der Waals surface area contributed by atoms with Crippen LogP contribution in [0, 0.1) is 6.92 Å². The van der Waals surface area contributed by atoms with Crippen molar-refractivity contribution in [3.63, 3.8) is 0 Å². The van der Waals surface area contributed by atoms with Gasteiger partial charge in [0.05, 0.1) is 11.2 Å². The molecule has 1 N–H and O–H groups in total. The maximum atomic E-state index is 6.15. The Hall–Kier alpha value is -0.805. The molecule has 22 heavy (non-hydrogen) atoms. The Morgan fingerprint density at radius 1 is 1.18 bits per heavy atom. The molecule has 1 aliphatic heterocycles. The predicted octanol–water partition coefficient (Wildman–Crippen LogP) is 3.88. The molecule has 2 rings (SSSR count). The largest absolute Gasteiger partial charge is 0.491 e. The van der Waals surface area contributed by atoms with Crippen LogP contribution in [0.3, 0.4) is 0 Å². The first-order valence-corrected chi connectivity index (χ1v) is 8.00. The number of likely N-dealkylation sites (N-methyl/N-ethyl adjacent to an activating group) is 1. The molecule has 0 aliphatic carbocycles. The zero-order valence-corrected chi connectivity index (χ0v) is 15.0. The van der Waals surface area contributed by atoms with Gasteiger partial charge in [-0.15, -0.1) is 0 Å². The van der Waals surface area contributed by atoms with Gasteiger partial charge in [0, 0.05) is 11.6 Å². The van der Waals surface area contributed by atoms with E-state index >= 15 is 0 Å². The van der Waals surface area contributed by atoms with Crippen LogP contribution in [-0.2, 0) is 9.31 Å². The Kier molecular flexibility index (Phi) is 5.08. The van der Waals surface area contributed by atoms with Crippen molar-refractivity contribution in [3.05, 3.63) is 39.8 Å². The number of hydrogen-bond acceptors (Lipinski definition) is 3. The number of halogens is 1. The molecule has 120 valence electrons. The van der Waals surface area contributed by atoms with Gasteiger partial charge in [0.1, 0.15) is 0 Å². The molecule has 1 aliphatic rings. The first kappa shape index (κ1) is 17.5. The van der Waals surface area contributed by atoms with Crippen LogP contribution in [0.2, 0.25) is 5.02 Å². The van der Waals surface area contributed by atoms with E-state index in [2.05, 4.69) is 45.2 Å². The van der Waals surface area contributed by atoms with Crippen LogP contribution in [-0.4, -0.2) is 31.9 Å². The molecule has 0 unspecified atom stereocenters. The summed E-state index contributed by atoms with van der Waals surface area (Å²) < 4.78 is 12.3. The molecule has 0 amide bonds. The highest BCUT2D eigenvalue weighted by molar-refractivity contribution is 6.56. The zero-order chi connectivity index (χ0) is 16.5. The van der Waals surface area contributed by atoms with Gasteiger partial charge in [-0.3, -0.25) is 0 Å². The van der Waals surface area contributed by atoms with E-state index in [-0.39, 0.29) is 18.3 Å². The van der Waals surface area contributed by atoms with Crippen molar-refractivity contribution in [2.75, 3.05) is 13.6 Å². The third-order valence-corrected chi connectivity index (χ3v) is 4.57. The minimum Gasteiger partial charge on any atom is -0.400 e. The maximum Gasteiger partial charge on any atom is 0.491 e. The van der Waals surface area contributed by atoms with Crippen molar-refractivity contribution < 1.29 is 9.31 Å². The average molecular weight is 322 g/mol. The molecule has 3 nitrogen and oxygen atoms in total. The zero-order valence-electron chi connectivity index (χ0n) is 14.3. The Morgan fingerprint density at radius 3 is 2.27 bits per heavy atom. The molecule has 1 fully saturated rings. The second-order valence-corrected chi connectivity index (χ2v) is 7.34. The number of aryl methyl sites for hydroxylation is 1. The number of hydrogen-bond donors (Lipinski definition) is 1. The highest BCUT2D eigenvalue weighted by Gasteiger charge is 2.52. The van der Waals surface area contributed by atoms with E-state index in [1.807, 2.05) is 26.1 Å².